The van der Waals surface area contributed by atoms with Gasteiger partial charge in [-0.15, -0.1) is 10.2 Å². The molecule has 0 saturated heterocycles. The average Bonchev–Trinajstić information content (AvgIpc) is 3.10. The second kappa shape index (κ2) is 5.65. The minimum Gasteiger partial charge on any atom is -0.257 e. The quantitative estimate of drug-likeness (QED) is 0.538. The van der Waals surface area contributed by atoms with Crippen LogP contribution in [0.5, 0.6) is 0 Å². The van der Waals surface area contributed by atoms with E-state index in [-0.39, 0.29) is 5.00 Å². The Hall–Kier alpha value is -1.84. The number of aromatic nitrogens is 3. The van der Waals surface area contributed by atoms with E-state index < -0.39 is 4.92 Å². The highest BCUT2D eigenvalue weighted by Gasteiger charge is 2.14. The SMILES string of the molecule is O=[N+]([O-])c1cnc(Sc2nnc(-c3ccccc3)s2)s1. The van der Waals surface area contributed by atoms with E-state index in [0.717, 1.165) is 21.9 Å². The van der Waals surface area contributed by atoms with E-state index in [4.69, 9.17) is 0 Å². The molecule has 0 amide bonds. The summed E-state index contributed by atoms with van der Waals surface area (Å²) in [6.45, 7) is 0. The summed E-state index contributed by atoms with van der Waals surface area (Å²) >= 11 is 3.76. The second-order valence-corrected chi connectivity index (χ2v) is 7.04. The van der Waals surface area contributed by atoms with Crippen LogP contribution < -0.4 is 0 Å². The van der Waals surface area contributed by atoms with Crippen molar-refractivity contribution < 1.29 is 4.92 Å². The molecule has 0 aliphatic heterocycles. The van der Waals surface area contributed by atoms with Gasteiger partial charge < -0.3 is 0 Å². The van der Waals surface area contributed by atoms with Crippen LogP contribution in [0.1, 0.15) is 0 Å². The number of nitrogens with zero attached hydrogens (tertiary/aromatic N) is 4. The van der Waals surface area contributed by atoms with Gasteiger partial charge in [-0.1, -0.05) is 41.7 Å². The first-order valence-corrected chi connectivity index (χ1v) is 7.84. The van der Waals surface area contributed by atoms with Crippen LogP contribution in [0.4, 0.5) is 5.00 Å². The van der Waals surface area contributed by atoms with Crippen LogP contribution in [0.25, 0.3) is 10.6 Å². The molecule has 3 aromatic rings. The van der Waals surface area contributed by atoms with Gasteiger partial charge in [0.15, 0.2) is 8.68 Å². The average molecular weight is 322 g/mol. The summed E-state index contributed by atoms with van der Waals surface area (Å²) in [6.07, 6.45) is 1.26. The molecule has 0 N–H and O–H groups in total. The molecule has 2 heterocycles. The Morgan fingerprint density at radius 1 is 1.10 bits per heavy atom. The van der Waals surface area contributed by atoms with Crippen LogP contribution in [0.15, 0.2) is 45.2 Å². The molecule has 20 heavy (non-hydrogen) atoms. The highest BCUT2D eigenvalue weighted by molar-refractivity contribution is 8.02. The van der Waals surface area contributed by atoms with Crippen molar-refractivity contribution in [2.45, 2.75) is 8.68 Å². The fraction of sp³-hybridized carbons (Fsp3) is 0. The molecule has 0 aliphatic carbocycles. The second-order valence-electron chi connectivity index (χ2n) is 3.56. The lowest BCUT2D eigenvalue weighted by Crippen LogP contribution is -1.80. The predicted molar refractivity (Wildman–Crippen MR) is 78.2 cm³/mol. The topological polar surface area (TPSA) is 81.8 Å². The Labute approximate surface area is 125 Å². The van der Waals surface area contributed by atoms with Gasteiger partial charge in [0.1, 0.15) is 11.2 Å². The molecule has 1 aromatic carbocycles. The smallest absolute Gasteiger partial charge is 0.257 e. The predicted octanol–water partition coefficient (Wildman–Crippen LogP) is 3.72. The van der Waals surface area contributed by atoms with Gasteiger partial charge in [-0.05, 0) is 23.1 Å². The minimum absolute atomic E-state index is 0.0281. The third-order valence-electron chi connectivity index (χ3n) is 2.25. The molecule has 100 valence electrons. The van der Waals surface area contributed by atoms with Crippen LogP contribution in [0.2, 0.25) is 0 Å². The molecule has 0 spiro atoms. The summed E-state index contributed by atoms with van der Waals surface area (Å²) in [5.41, 5.74) is 1.00. The number of benzene rings is 1. The minimum atomic E-state index is -0.447. The van der Waals surface area contributed by atoms with E-state index in [1.54, 1.807) is 0 Å². The molecule has 0 aliphatic rings. The van der Waals surface area contributed by atoms with Crippen molar-refractivity contribution in [3.8, 4) is 10.6 Å². The number of thiazole rings is 1. The molecule has 0 bridgehead atoms. The highest BCUT2D eigenvalue weighted by Crippen LogP contribution is 2.37. The standard InChI is InChI=1S/C11H6N4O2S3/c16-15(17)8-6-12-10(18-8)20-11-14-13-9(19-11)7-4-2-1-3-5-7/h1-6H. The molecule has 3 rings (SSSR count). The lowest BCUT2D eigenvalue weighted by Gasteiger charge is -1.91. The van der Waals surface area contributed by atoms with Crippen molar-refractivity contribution in [3.05, 3.63) is 46.6 Å². The Morgan fingerprint density at radius 3 is 2.60 bits per heavy atom. The summed E-state index contributed by atoms with van der Waals surface area (Å²) in [5.74, 6) is 0. The zero-order chi connectivity index (χ0) is 13.9. The molecular weight excluding hydrogens is 316 g/mol. The number of rotatable bonds is 4. The maximum absolute atomic E-state index is 10.6. The lowest BCUT2D eigenvalue weighted by molar-refractivity contribution is -0.380. The van der Waals surface area contributed by atoms with Crippen molar-refractivity contribution in [2.24, 2.45) is 0 Å². The van der Waals surface area contributed by atoms with Gasteiger partial charge in [-0.3, -0.25) is 10.1 Å². The van der Waals surface area contributed by atoms with Gasteiger partial charge in [0.05, 0.1) is 4.92 Å². The summed E-state index contributed by atoms with van der Waals surface area (Å²) < 4.78 is 1.31. The fourth-order valence-electron chi connectivity index (χ4n) is 1.40. The largest absolute Gasteiger partial charge is 0.344 e. The Bertz CT molecular complexity index is 741. The van der Waals surface area contributed by atoms with Crippen LogP contribution in [-0.2, 0) is 0 Å². The van der Waals surface area contributed by atoms with Crippen LogP contribution >= 0.6 is 34.4 Å². The number of nitro groups is 1. The Kier molecular flexibility index (Phi) is 3.72. The Morgan fingerprint density at radius 2 is 1.90 bits per heavy atom. The molecular formula is C11H6N4O2S3. The van der Waals surface area contributed by atoms with E-state index in [9.17, 15) is 10.1 Å². The molecule has 0 fully saturated rings. The first-order valence-electron chi connectivity index (χ1n) is 5.39. The lowest BCUT2D eigenvalue weighted by atomic mass is 10.2. The van der Waals surface area contributed by atoms with Crippen molar-refractivity contribution >= 4 is 39.4 Å². The van der Waals surface area contributed by atoms with E-state index >= 15 is 0 Å². The summed E-state index contributed by atoms with van der Waals surface area (Å²) in [4.78, 5) is 14.1. The van der Waals surface area contributed by atoms with Gasteiger partial charge in [0.2, 0.25) is 0 Å². The third-order valence-corrected chi connectivity index (χ3v) is 5.30. The molecule has 0 unspecified atom stereocenters. The molecule has 0 saturated carbocycles. The van der Waals surface area contributed by atoms with Crippen molar-refractivity contribution in [1.82, 2.24) is 15.2 Å². The fourth-order valence-corrected chi connectivity index (χ4v) is 4.25. The third kappa shape index (κ3) is 2.84. The van der Waals surface area contributed by atoms with Gasteiger partial charge in [-0.2, -0.15) is 0 Å². The van der Waals surface area contributed by atoms with Gasteiger partial charge in [0.25, 0.3) is 0 Å². The summed E-state index contributed by atoms with van der Waals surface area (Å²) in [7, 11) is 0. The molecule has 6 nitrogen and oxygen atoms in total. The Balaban J connectivity index is 1.78. The monoisotopic (exact) mass is 322 g/mol. The van der Waals surface area contributed by atoms with E-state index in [2.05, 4.69) is 15.2 Å². The number of hydrogen-bond acceptors (Lipinski definition) is 8. The van der Waals surface area contributed by atoms with Crippen LogP contribution in [-0.4, -0.2) is 20.1 Å². The zero-order valence-electron chi connectivity index (χ0n) is 9.79. The van der Waals surface area contributed by atoms with Crippen molar-refractivity contribution in [3.63, 3.8) is 0 Å². The van der Waals surface area contributed by atoms with E-state index in [0.29, 0.717) is 8.68 Å². The normalized spacial score (nSPS) is 10.6. The molecule has 0 atom stereocenters. The molecule has 2 aromatic heterocycles. The van der Waals surface area contributed by atoms with Crippen molar-refractivity contribution in [2.75, 3.05) is 0 Å². The maximum atomic E-state index is 10.6. The van der Waals surface area contributed by atoms with Gasteiger partial charge >= 0.3 is 5.00 Å². The number of hydrogen-bond donors (Lipinski definition) is 0. The first kappa shape index (κ1) is 13.2. The summed E-state index contributed by atoms with van der Waals surface area (Å²) in [5, 5.41) is 19.6. The van der Waals surface area contributed by atoms with Crippen molar-refractivity contribution in [1.29, 1.82) is 0 Å². The summed E-state index contributed by atoms with van der Waals surface area (Å²) in [6, 6.07) is 9.74. The van der Waals surface area contributed by atoms with E-state index in [1.165, 1.54) is 29.3 Å². The zero-order valence-corrected chi connectivity index (χ0v) is 12.2. The highest BCUT2D eigenvalue weighted by atomic mass is 32.2. The van der Waals surface area contributed by atoms with Gasteiger partial charge in [-0.25, -0.2) is 4.98 Å². The van der Waals surface area contributed by atoms with E-state index in [1.807, 2.05) is 30.3 Å². The molecule has 9 heteroatoms. The molecule has 0 radical (unpaired) electrons. The maximum Gasteiger partial charge on any atom is 0.344 e. The van der Waals surface area contributed by atoms with Crippen LogP contribution in [0, 0.1) is 10.1 Å². The van der Waals surface area contributed by atoms with Crippen LogP contribution in [0.3, 0.4) is 0 Å². The van der Waals surface area contributed by atoms with Gasteiger partial charge in [0, 0.05) is 5.56 Å². The first-order chi connectivity index (χ1) is 9.72.